The van der Waals surface area contributed by atoms with Gasteiger partial charge in [-0.25, -0.2) is 4.98 Å². The quantitative estimate of drug-likeness (QED) is 0.571. The van der Waals surface area contributed by atoms with Gasteiger partial charge in [-0.3, -0.25) is 19.3 Å². The Kier molecular flexibility index (Phi) is 4.49. The number of aromatic amines is 1. The van der Waals surface area contributed by atoms with Gasteiger partial charge in [-0.15, -0.1) is 0 Å². The molecule has 0 radical (unpaired) electrons. The second kappa shape index (κ2) is 7.25. The van der Waals surface area contributed by atoms with Crippen molar-refractivity contribution in [1.29, 1.82) is 0 Å². The molecule has 2 aromatic carbocycles. The summed E-state index contributed by atoms with van der Waals surface area (Å²) in [5, 5.41) is 9.70. The maximum atomic E-state index is 12.3. The third kappa shape index (κ3) is 3.62. The lowest BCUT2D eigenvalue weighted by molar-refractivity contribution is -0.121. The van der Waals surface area contributed by atoms with E-state index in [0.29, 0.717) is 17.6 Å². The molecule has 134 valence electrons. The van der Waals surface area contributed by atoms with E-state index >= 15 is 0 Å². The largest absolute Gasteiger partial charge is 0.350 e. The minimum Gasteiger partial charge on any atom is -0.350 e. The summed E-state index contributed by atoms with van der Waals surface area (Å²) in [7, 11) is 0. The van der Waals surface area contributed by atoms with Crippen LogP contribution in [-0.2, 0) is 17.9 Å². The third-order valence-electron chi connectivity index (χ3n) is 4.31. The molecular weight excluding hydrogens is 342 g/mol. The molecule has 2 aromatic heterocycles. The van der Waals surface area contributed by atoms with E-state index in [1.54, 1.807) is 12.3 Å². The monoisotopic (exact) mass is 359 g/mol. The molecular formula is C20H17N5O2. The molecule has 0 aliphatic carbocycles. The van der Waals surface area contributed by atoms with Gasteiger partial charge >= 0.3 is 0 Å². The van der Waals surface area contributed by atoms with Crippen molar-refractivity contribution in [2.45, 2.75) is 13.1 Å². The highest BCUT2D eigenvalue weighted by molar-refractivity contribution is 5.80. The van der Waals surface area contributed by atoms with E-state index in [9.17, 15) is 9.59 Å². The zero-order valence-corrected chi connectivity index (χ0v) is 14.4. The van der Waals surface area contributed by atoms with Crippen LogP contribution in [0.5, 0.6) is 0 Å². The number of para-hydroxylation sites is 2. The average Bonchev–Trinajstić information content (AvgIpc) is 3.24. The van der Waals surface area contributed by atoms with Crippen LogP contribution in [0, 0.1) is 0 Å². The van der Waals surface area contributed by atoms with Crippen LogP contribution in [-0.4, -0.2) is 25.7 Å². The van der Waals surface area contributed by atoms with Crippen molar-refractivity contribution in [2.75, 3.05) is 0 Å². The fourth-order valence-corrected chi connectivity index (χ4v) is 2.90. The summed E-state index contributed by atoms with van der Waals surface area (Å²) >= 11 is 0. The number of carbonyl (C=O) groups excluding carboxylic acids is 1. The maximum absolute atomic E-state index is 12.3. The highest BCUT2D eigenvalue weighted by atomic mass is 16.2. The molecule has 0 saturated carbocycles. The van der Waals surface area contributed by atoms with Gasteiger partial charge in [-0.2, -0.15) is 5.10 Å². The van der Waals surface area contributed by atoms with Crippen molar-refractivity contribution < 1.29 is 4.79 Å². The molecule has 4 aromatic rings. The molecule has 0 aliphatic heterocycles. The normalized spacial score (nSPS) is 10.8. The molecule has 0 spiro atoms. The Morgan fingerprint density at radius 3 is 2.67 bits per heavy atom. The summed E-state index contributed by atoms with van der Waals surface area (Å²) in [6.07, 6.45) is 2.94. The summed E-state index contributed by atoms with van der Waals surface area (Å²) < 4.78 is 1.43. The first kappa shape index (κ1) is 16.7. The molecule has 2 heterocycles. The molecule has 0 unspecified atom stereocenters. The number of aromatic nitrogens is 4. The van der Waals surface area contributed by atoms with Crippen LogP contribution in [0.25, 0.3) is 22.3 Å². The summed E-state index contributed by atoms with van der Waals surface area (Å²) in [6, 6.07) is 17.0. The average molecular weight is 359 g/mol. The third-order valence-corrected chi connectivity index (χ3v) is 4.31. The number of carbonyl (C=O) groups is 1. The molecule has 4 rings (SSSR count). The van der Waals surface area contributed by atoms with E-state index in [0.717, 1.165) is 16.8 Å². The molecule has 1 amide bonds. The van der Waals surface area contributed by atoms with Crippen molar-refractivity contribution in [3.05, 3.63) is 82.9 Å². The standard InChI is InChI=1S/C20H17N5O2/c26-19(13-25-18-4-2-1-3-17(18)21-12-20(25)27)22-11-14-5-7-15(8-6-14)16-9-10-23-24-16/h1-10,12H,11,13H2,(H,22,26)(H,23,24). The molecule has 7 nitrogen and oxygen atoms in total. The fraction of sp³-hybridized carbons (Fsp3) is 0.100. The first-order chi connectivity index (χ1) is 13.2. The van der Waals surface area contributed by atoms with Crippen molar-refractivity contribution in [1.82, 2.24) is 25.1 Å². The molecule has 0 aliphatic rings. The van der Waals surface area contributed by atoms with Crippen LogP contribution in [0.15, 0.2) is 71.8 Å². The van der Waals surface area contributed by atoms with E-state index in [4.69, 9.17) is 0 Å². The topological polar surface area (TPSA) is 92.7 Å². The van der Waals surface area contributed by atoms with Crippen LogP contribution >= 0.6 is 0 Å². The number of H-pyrrole nitrogens is 1. The number of rotatable bonds is 5. The fourth-order valence-electron chi connectivity index (χ4n) is 2.90. The summed E-state index contributed by atoms with van der Waals surface area (Å²) in [5.74, 6) is -0.230. The van der Waals surface area contributed by atoms with Gasteiger partial charge in [0.1, 0.15) is 6.54 Å². The number of hydrogen-bond acceptors (Lipinski definition) is 4. The van der Waals surface area contributed by atoms with Gasteiger partial charge < -0.3 is 5.32 Å². The van der Waals surface area contributed by atoms with Gasteiger partial charge in [-0.1, -0.05) is 36.4 Å². The lowest BCUT2D eigenvalue weighted by Crippen LogP contribution is -2.32. The zero-order chi connectivity index (χ0) is 18.6. The van der Waals surface area contributed by atoms with Crippen molar-refractivity contribution in [3.8, 4) is 11.3 Å². The van der Waals surface area contributed by atoms with E-state index in [1.807, 2.05) is 48.5 Å². The van der Waals surface area contributed by atoms with Crippen LogP contribution in [0.3, 0.4) is 0 Å². The molecule has 0 atom stereocenters. The highest BCUT2D eigenvalue weighted by Gasteiger charge is 2.09. The second-order valence-electron chi connectivity index (χ2n) is 6.12. The Hall–Kier alpha value is -3.74. The maximum Gasteiger partial charge on any atom is 0.269 e. The molecule has 2 N–H and O–H groups in total. The summed E-state index contributed by atoms with van der Waals surface area (Å²) in [5.41, 5.74) is 3.96. The Morgan fingerprint density at radius 1 is 1.07 bits per heavy atom. The smallest absolute Gasteiger partial charge is 0.269 e. The van der Waals surface area contributed by atoms with Gasteiger partial charge in [0.2, 0.25) is 5.91 Å². The van der Waals surface area contributed by atoms with Crippen molar-refractivity contribution in [2.24, 2.45) is 0 Å². The lowest BCUT2D eigenvalue weighted by atomic mass is 10.1. The van der Waals surface area contributed by atoms with Gasteiger partial charge in [-0.05, 0) is 29.3 Å². The SMILES string of the molecule is O=C(Cn1c(=O)cnc2ccccc21)NCc1ccc(-c2ccn[nH]2)cc1. The van der Waals surface area contributed by atoms with Crippen LogP contribution in [0.1, 0.15) is 5.56 Å². The zero-order valence-electron chi connectivity index (χ0n) is 14.4. The molecule has 7 heteroatoms. The molecule has 0 bridgehead atoms. The Bertz CT molecular complexity index is 1130. The predicted molar refractivity (Wildman–Crippen MR) is 102 cm³/mol. The highest BCUT2D eigenvalue weighted by Crippen LogP contribution is 2.16. The van der Waals surface area contributed by atoms with E-state index in [2.05, 4.69) is 20.5 Å². The van der Waals surface area contributed by atoms with Gasteiger partial charge in [0.05, 0.1) is 22.9 Å². The number of nitrogens with zero attached hydrogens (tertiary/aromatic N) is 3. The molecule has 27 heavy (non-hydrogen) atoms. The summed E-state index contributed by atoms with van der Waals surface area (Å²) in [6.45, 7) is 0.341. The van der Waals surface area contributed by atoms with Crippen molar-refractivity contribution >= 4 is 16.9 Å². The first-order valence-electron chi connectivity index (χ1n) is 8.51. The Labute approximate surface area is 154 Å². The second-order valence-corrected chi connectivity index (χ2v) is 6.12. The van der Waals surface area contributed by atoms with Crippen LogP contribution in [0.2, 0.25) is 0 Å². The lowest BCUT2D eigenvalue weighted by Gasteiger charge is -2.10. The Morgan fingerprint density at radius 2 is 1.89 bits per heavy atom. The van der Waals surface area contributed by atoms with Gasteiger partial charge in [0, 0.05) is 12.7 Å². The number of hydrogen-bond donors (Lipinski definition) is 2. The first-order valence-corrected chi connectivity index (χ1v) is 8.51. The minimum atomic E-state index is -0.298. The van der Waals surface area contributed by atoms with Crippen LogP contribution in [0.4, 0.5) is 0 Å². The van der Waals surface area contributed by atoms with E-state index in [1.165, 1.54) is 10.8 Å². The predicted octanol–water partition coefficient (Wildman–Crippen LogP) is 2.10. The Balaban J connectivity index is 1.43. The minimum absolute atomic E-state index is 0.0475. The van der Waals surface area contributed by atoms with E-state index in [-0.39, 0.29) is 18.0 Å². The molecule has 0 fully saturated rings. The van der Waals surface area contributed by atoms with Gasteiger partial charge in [0.15, 0.2) is 0 Å². The van der Waals surface area contributed by atoms with Crippen molar-refractivity contribution in [3.63, 3.8) is 0 Å². The number of benzene rings is 2. The number of fused-ring (bicyclic) bond motifs is 1. The summed E-state index contributed by atoms with van der Waals surface area (Å²) in [4.78, 5) is 28.5. The van der Waals surface area contributed by atoms with Crippen LogP contribution < -0.4 is 10.9 Å². The number of nitrogens with one attached hydrogen (secondary N) is 2. The number of amides is 1. The molecule has 0 saturated heterocycles. The van der Waals surface area contributed by atoms with E-state index < -0.39 is 0 Å². The van der Waals surface area contributed by atoms with Gasteiger partial charge in [0.25, 0.3) is 5.56 Å².